The molecule has 2 amide bonds. The van der Waals surface area contributed by atoms with Crippen molar-refractivity contribution in [1.82, 2.24) is 0 Å². The Morgan fingerprint density at radius 1 is 1.18 bits per heavy atom. The van der Waals surface area contributed by atoms with Gasteiger partial charge in [0.15, 0.2) is 0 Å². The number of carbonyl (C=O) groups is 2. The molecular formula is C18H12FN3O6. The number of ether oxygens (including phenoxy) is 1. The van der Waals surface area contributed by atoms with Gasteiger partial charge in [0.1, 0.15) is 28.9 Å². The van der Waals surface area contributed by atoms with E-state index < -0.39 is 34.6 Å². The average molecular weight is 385 g/mol. The Labute approximate surface area is 157 Å². The monoisotopic (exact) mass is 385 g/mol. The molecule has 2 heterocycles. The Bertz CT molecular complexity index is 1040. The number of non-ortho nitro benzene ring substituents is 1. The van der Waals surface area contributed by atoms with Crippen LogP contribution in [0.15, 0.2) is 47.6 Å². The SMILES string of the molecule is COc1ccc([N+](=O)[O-])cc1N1C(=O)[C@@H]2C(c3ccc(F)cc3)=NO[C@H]2C1=O. The fourth-order valence-corrected chi connectivity index (χ4v) is 3.24. The molecule has 10 heteroatoms. The van der Waals surface area contributed by atoms with Crippen LogP contribution >= 0.6 is 0 Å². The number of rotatable bonds is 4. The first-order valence-corrected chi connectivity index (χ1v) is 8.12. The van der Waals surface area contributed by atoms with E-state index in [1.165, 1.54) is 43.5 Å². The minimum absolute atomic E-state index is 0.0526. The summed E-state index contributed by atoms with van der Waals surface area (Å²) in [6.07, 6.45) is -1.20. The number of amides is 2. The van der Waals surface area contributed by atoms with Gasteiger partial charge >= 0.3 is 0 Å². The summed E-state index contributed by atoms with van der Waals surface area (Å²) in [5, 5.41) is 14.9. The van der Waals surface area contributed by atoms with Gasteiger partial charge in [-0.1, -0.05) is 17.3 Å². The predicted molar refractivity (Wildman–Crippen MR) is 93.4 cm³/mol. The second-order valence-corrected chi connectivity index (χ2v) is 6.11. The van der Waals surface area contributed by atoms with Crippen molar-refractivity contribution in [3.63, 3.8) is 0 Å². The van der Waals surface area contributed by atoms with Crippen LogP contribution in [0.5, 0.6) is 5.75 Å². The number of hydrogen-bond donors (Lipinski definition) is 0. The maximum Gasteiger partial charge on any atom is 0.279 e. The molecule has 0 aliphatic carbocycles. The summed E-state index contributed by atoms with van der Waals surface area (Å²) < 4.78 is 18.3. The van der Waals surface area contributed by atoms with E-state index in [0.29, 0.717) is 5.56 Å². The number of fused-ring (bicyclic) bond motifs is 1. The topological polar surface area (TPSA) is 111 Å². The zero-order chi connectivity index (χ0) is 20.0. The van der Waals surface area contributed by atoms with Crippen molar-refractivity contribution in [3.05, 3.63) is 64.0 Å². The lowest BCUT2D eigenvalue weighted by Crippen LogP contribution is -2.33. The highest BCUT2D eigenvalue weighted by atomic mass is 19.1. The van der Waals surface area contributed by atoms with Crippen molar-refractivity contribution < 1.29 is 28.5 Å². The third kappa shape index (κ3) is 2.57. The van der Waals surface area contributed by atoms with E-state index in [4.69, 9.17) is 9.57 Å². The van der Waals surface area contributed by atoms with Crippen LogP contribution in [0.2, 0.25) is 0 Å². The number of imide groups is 1. The number of hydrogen-bond acceptors (Lipinski definition) is 7. The van der Waals surface area contributed by atoms with Crippen LogP contribution in [0, 0.1) is 21.8 Å². The zero-order valence-electron chi connectivity index (χ0n) is 14.4. The highest BCUT2D eigenvalue weighted by Crippen LogP contribution is 2.40. The third-order valence-electron chi connectivity index (χ3n) is 4.57. The van der Waals surface area contributed by atoms with Crippen molar-refractivity contribution in [3.8, 4) is 5.75 Å². The number of halogens is 1. The lowest BCUT2D eigenvalue weighted by Gasteiger charge is -2.18. The molecule has 0 spiro atoms. The summed E-state index contributed by atoms with van der Waals surface area (Å²) in [6, 6.07) is 8.85. The number of nitro groups is 1. The summed E-state index contributed by atoms with van der Waals surface area (Å²) >= 11 is 0. The summed E-state index contributed by atoms with van der Waals surface area (Å²) in [5.41, 5.74) is 0.267. The molecule has 4 rings (SSSR count). The maximum atomic E-state index is 13.2. The van der Waals surface area contributed by atoms with E-state index in [9.17, 15) is 24.1 Å². The lowest BCUT2D eigenvalue weighted by molar-refractivity contribution is -0.384. The molecule has 2 atom stereocenters. The Morgan fingerprint density at radius 3 is 2.54 bits per heavy atom. The molecule has 1 saturated heterocycles. The number of benzene rings is 2. The smallest absolute Gasteiger partial charge is 0.279 e. The van der Waals surface area contributed by atoms with Crippen LogP contribution in [0.4, 0.5) is 15.8 Å². The van der Waals surface area contributed by atoms with Crippen molar-refractivity contribution in [2.24, 2.45) is 11.1 Å². The van der Waals surface area contributed by atoms with E-state index in [0.717, 1.165) is 11.0 Å². The fraction of sp³-hybridized carbons (Fsp3) is 0.167. The number of methoxy groups -OCH3 is 1. The second kappa shape index (κ2) is 6.41. The van der Waals surface area contributed by atoms with Crippen molar-refractivity contribution >= 4 is 28.9 Å². The van der Waals surface area contributed by atoms with E-state index in [-0.39, 0.29) is 22.8 Å². The Kier molecular flexibility index (Phi) is 4.03. The Hall–Kier alpha value is -3.82. The molecule has 142 valence electrons. The van der Waals surface area contributed by atoms with Gasteiger partial charge in [0.25, 0.3) is 11.6 Å². The van der Waals surface area contributed by atoms with E-state index in [2.05, 4.69) is 5.16 Å². The number of anilines is 1. The van der Waals surface area contributed by atoms with Gasteiger partial charge in [-0.2, -0.15) is 0 Å². The predicted octanol–water partition coefficient (Wildman–Crippen LogP) is 2.03. The van der Waals surface area contributed by atoms with E-state index in [1.807, 2.05) is 0 Å². The van der Waals surface area contributed by atoms with Crippen LogP contribution in [-0.2, 0) is 14.4 Å². The fourth-order valence-electron chi connectivity index (χ4n) is 3.24. The molecule has 0 radical (unpaired) electrons. The quantitative estimate of drug-likeness (QED) is 0.452. The molecule has 2 aromatic rings. The summed E-state index contributed by atoms with van der Waals surface area (Å²) in [7, 11) is 1.32. The average Bonchev–Trinajstić information content (AvgIpc) is 3.22. The van der Waals surface area contributed by atoms with Gasteiger partial charge in [-0.15, -0.1) is 0 Å². The van der Waals surface area contributed by atoms with Gasteiger partial charge < -0.3 is 9.57 Å². The summed E-state index contributed by atoms with van der Waals surface area (Å²) in [5.74, 6) is -2.75. The first-order chi connectivity index (χ1) is 13.4. The van der Waals surface area contributed by atoms with Gasteiger partial charge in [-0.25, -0.2) is 9.29 Å². The molecule has 2 aliphatic rings. The highest BCUT2D eigenvalue weighted by molar-refractivity contribution is 6.32. The van der Waals surface area contributed by atoms with Gasteiger partial charge in [0.05, 0.1) is 12.0 Å². The molecule has 28 heavy (non-hydrogen) atoms. The molecule has 0 bridgehead atoms. The molecule has 2 aliphatic heterocycles. The molecule has 0 saturated carbocycles. The van der Waals surface area contributed by atoms with Crippen molar-refractivity contribution in [2.45, 2.75) is 6.10 Å². The summed E-state index contributed by atoms with van der Waals surface area (Å²) in [6.45, 7) is 0. The third-order valence-corrected chi connectivity index (χ3v) is 4.57. The first kappa shape index (κ1) is 17.6. The highest BCUT2D eigenvalue weighted by Gasteiger charge is 2.56. The number of carbonyl (C=O) groups excluding carboxylic acids is 2. The second-order valence-electron chi connectivity index (χ2n) is 6.11. The van der Waals surface area contributed by atoms with Crippen LogP contribution in [0.3, 0.4) is 0 Å². The van der Waals surface area contributed by atoms with Crippen LogP contribution < -0.4 is 9.64 Å². The van der Waals surface area contributed by atoms with Crippen molar-refractivity contribution in [1.29, 1.82) is 0 Å². The van der Waals surface area contributed by atoms with Crippen LogP contribution in [-0.4, -0.2) is 35.7 Å². The van der Waals surface area contributed by atoms with Crippen LogP contribution in [0.1, 0.15) is 5.56 Å². The maximum absolute atomic E-state index is 13.2. The largest absolute Gasteiger partial charge is 0.495 e. The standard InChI is InChI=1S/C18H12FN3O6/c1-27-13-7-6-11(22(25)26)8-12(13)21-17(23)14-15(20-28-16(14)18(21)24)9-2-4-10(19)5-3-9/h2-8,14,16H,1H3/t14-,16-/m1/s1. The summed E-state index contributed by atoms with van der Waals surface area (Å²) in [4.78, 5) is 42.3. The number of oxime groups is 1. The van der Waals surface area contributed by atoms with Crippen LogP contribution in [0.25, 0.3) is 0 Å². The Morgan fingerprint density at radius 2 is 1.89 bits per heavy atom. The molecule has 9 nitrogen and oxygen atoms in total. The van der Waals surface area contributed by atoms with Gasteiger partial charge in [-0.05, 0) is 18.2 Å². The number of nitrogens with zero attached hydrogens (tertiary/aromatic N) is 3. The molecule has 2 aromatic carbocycles. The molecule has 0 unspecified atom stereocenters. The van der Waals surface area contributed by atoms with E-state index >= 15 is 0 Å². The van der Waals surface area contributed by atoms with Gasteiger partial charge in [0, 0.05) is 17.7 Å². The number of nitro benzene ring substituents is 1. The molecule has 0 aromatic heterocycles. The first-order valence-electron chi connectivity index (χ1n) is 8.12. The molecular weight excluding hydrogens is 373 g/mol. The molecule has 0 N–H and O–H groups in total. The van der Waals surface area contributed by atoms with Gasteiger partial charge in [-0.3, -0.25) is 19.7 Å². The normalized spacial score (nSPS) is 20.6. The Balaban J connectivity index is 1.75. The van der Waals surface area contributed by atoms with Gasteiger partial charge in [0.2, 0.25) is 12.0 Å². The van der Waals surface area contributed by atoms with E-state index in [1.54, 1.807) is 0 Å². The minimum Gasteiger partial charge on any atom is -0.495 e. The minimum atomic E-state index is -1.20. The zero-order valence-corrected chi connectivity index (χ0v) is 14.4. The van der Waals surface area contributed by atoms with Crippen molar-refractivity contribution in [2.75, 3.05) is 12.0 Å². The lowest BCUT2D eigenvalue weighted by atomic mass is 9.94. The molecule has 1 fully saturated rings.